The largest absolute Gasteiger partial charge is 0.504 e. The van der Waals surface area contributed by atoms with Crippen LogP contribution in [0, 0.1) is 3.57 Å². The average molecular weight is 469 g/mol. The van der Waals surface area contributed by atoms with Gasteiger partial charge in [0, 0.05) is 11.8 Å². The molecule has 3 N–H and O–H groups in total. The van der Waals surface area contributed by atoms with Crippen molar-refractivity contribution in [1.29, 1.82) is 0 Å². The van der Waals surface area contributed by atoms with Crippen LogP contribution in [-0.2, 0) is 4.79 Å². The van der Waals surface area contributed by atoms with E-state index >= 15 is 0 Å². The predicted molar refractivity (Wildman–Crippen MR) is 104 cm³/mol. The number of phenolic OH excluding ortho intramolecular Hbond substituents is 1. The van der Waals surface area contributed by atoms with Crippen molar-refractivity contribution in [3.8, 4) is 23.0 Å². The van der Waals surface area contributed by atoms with Crippen molar-refractivity contribution >= 4 is 40.4 Å². The summed E-state index contributed by atoms with van der Waals surface area (Å²) in [6.45, 7) is 0.252. The molecule has 9 heteroatoms. The molecule has 2 aromatic rings. The fourth-order valence-electron chi connectivity index (χ4n) is 2.23. The number of hydrazone groups is 1. The van der Waals surface area contributed by atoms with E-state index in [0.29, 0.717) is 26.4 Å². The van der Waals surface area contributed by atoms with Gasteiger partial charge in [0.25, 0.3) is 5.91 Å². The Morgan fingerprint density at radius 2 is 2.15 bits per heavy atom. The van der Waals surface area contributed by atoms with Gasteiger partial charge in [-0.3, -0.25) is 4.79 Å². The Labute approximate surface area is 163 Å². The van der Waals surface area contributed by atoms with Crippen molar-refractivity contribution in [2.45, 2.75) is 0 Å². The molecule has 0 saturated carbocycles. The summed E-state index contributed by atoms with van der Waals surface area (Å²) in [6.07, 6.45) is 1.47. The third kappa shape index (κ3) is 4.28. The number of ether oxygens (including phenoxy) is 3. The van der Waals surface area contributed by atoms with Gasteiger partial charge in [0.2, 0.25) is 6.79 Å². The van der Waals surface area contributed by atoms with E-state index in [0.717, 1.165) is 5.69 Å². The number of benzene rings is 2. The molecule has 0 radical (unpaired) electrons. The van der Waals surface area contributed by atoms with Crippen molar-refractivity contribution < 1.29 is 24.1 Å². The molecule has 1 amide bonds. The van der Waals surface area contributed by atoms with E-state index in [-0.39, 0.29) is 25.0 Å². The lowest BCUT2D eigenvalue weighted by atomic mass is 10.2. The Kier molecular flexibility index (Phi) is 5.66. The number of hydrogen-bond donors (Lipinski definition) is 3. The van der Waals surface area contributed by atoms with Gasteiger partial charge in [-0.1, -0.05) is 0 Å². The molecule has 136 valence electrons. The maximum absolute atomic E-state index is 11.9. The van der Waals surface area contributed by atoms with Gasteiger partial charge in [0.05, 0.1) is 23.4 Å². The monoisotopic (exact) mass is 469 g/mol. The molecular weight excluding hydrogens is 453 g/mol. The van der Waals surface area contributed by atoms with Crippen LogP contribution in [-0.4, -0.2) is 37.7 Å². The normalized spacial score (nSPS) is 12.2. The van der Waals surface area contributed by atoms with Gasteiger partial charge in [-0.15, -0.1) is 0 Å². The number of aromatic hydroxyl groups is 1. The summed E-state index contributed by atoms with van der Waals surface area (Å²) in [4.78, 5) is 11.9. The lowest BCUT2D eigenvalue weighted by Gasteiger charge is -2.07. The molecule has 0 spiro atoms. The maximum atomic E-state index is 11.9. The number of carbonyl (C=O) groups excluding carboxylic acids is 1. The fraction of sp³-hybridized carbons (Fsp3) is 0.176. The molecule has 0 aliphatic carbocycles. The minimum Gasteiger partial charge on any atom is -0.504 e. The summed E-state index contributed by atoms with van der Waals surface area (Å²) in [7, 11) is 1.47. The lowest BCUT2D eigenvalue weighted by Crippen LogP contribution is -2.25. The number of rotatable bonds is 6. The smallest absolute Gasteiger partial charge is 0.259 e. The van der Waals surface area contributed by atoms with E-state index < -0.39 is 0 Å². The second kappa shape index (κ2) is 8.13. The van der Waals surface area contributed by atoms with Crippen LogP contribution < -0.4 is 25.0 Å². The molecule has 0 atom stereocenters. The number of fused-ring (bicyclic) bond motifs is 1. The molecule has 26 heavy (non-hydrogen) atoms. The second-order valence-corrected chi connectivity index (χ2v) is 6.43. The zero-order valence-corrected chi connectivity index (χ0v) is 15.9. The topological polar surface area (TPSA) is 101 Å². The highest BCUT2D eigenvalue weighted by Crippen LogP contribution is 2.34. The predicted octanol–water partition coefficient (Wildman–Crippen LogP) is 2.30. The van der Waals surface area contributed by atoms with Crippen LogP contribution in [0.2, 0.25) is 0 Å². The highest BCUT2D eigenvalue weighted by molar-refractivity contribution is 14.1. The Morgan fingerprint density at radius 3 is 2.96 bits per heavy atom. The van der Waals surface area contributed by atoms with E-state index in [1.807, 2.05) is 22.6 Å². The van der Waals surface area contributed by atoms with Crippen LogP contribution in [0.5, 0.6) is 23.0 Å². The zero-order valence-electron chi connectivity index (χ0n) is 13.8. The van der Waals surface area contributed by atoms with Crippen molar-refractivity contribution in [2.24, 2.45) is 5.10 Å². The van der Waals surface area contributed by atoms with E-state index in [9.17, 15) is 9.90 Å². The number of anilines is 1. The minimum atomic E-state index is -0.306. The Morgan fingerprint density at radius 1 is 1.35 bits per heavy atom. The van der Waals surface area contributed by atoms with Crippen molar-refractivity contribution in [3.63, 3.8) is 0 Å². The van der Waals surface area contributed by atoms with Crippen LogP contribution in [0.25, 0.3) is 0 Å². The molecule has 0 unspecified atom stereocenters. The first-order valence-corrected chi connectivity index (χ1v) is 8.66. The average Bonchev–Trinajstić information content (AvgIpc) is 3.10. The number of halogens is 1. The van der Waals surface area contributed by atoms with Gasteiger partial charge < -0.3 is 24.6 Å². The van der Waals surface area contributed by atoms with E-state index in [2.05, 4.69) is 15.8 Å². The Balaban J connectivity index is 1.52. The van der Waals surface area contributed by atoms with Crippen LogP contribution in [0.3, 0.4) is 0 Å². The third-order valence-electron chi connectivity index (χ3n) is 3.50. The number of carbonyl (C=O) groups is 1. The molecule has 0 saturated heterocycles. The summed E-state index contributed by atoms with van der Waals surface area (Å²) in [5.41, 5.74) is 3.86. The van der Waals surface area contributed by atoms with E-state index in [1.54, 1.807) is 30.3 Å². The Bertz CT molecular complexity index is 857. The molecule has 1 aliphatic rings. The fourth-order valence-corrected chi connectivity index (χ4v) is 2.86. The van der Waals surface area contributed by atoms with E-state index in [1.165, 1.54) is 13.3 Å². The van der Waals surface area contributed by atoms with Gasteiger partial charge in [0.15, 0.2) is 23.0 Å². The summed E-state index contributed by atoms with van der Waals surface area (Å²) >= 11 is 1.99. The second-order valence-electron chi connectivity index (χ2n) is 5.27. The van der Waals surface area contributed by atoms with E-state index in [4.69, 9.17) is 14.2 Å². The van der Waals surface area contributed by atoms with Crippen LogP contribution in [0.4, 0.5) is 5.69 Å². The van der Waals surface area contributed by atoms with Crippen molar-refractivity contribution in [1.82, 2.24) is 5.43 Å². The van der Waals surface area contributed by atoms with Gasteiger partial charge in [-0.25, -0.2) is 5.43 Å². The molecule has 3 rings (SSSR count). The van der Waals surface area contributed by atoms with Crippen molar-refractivity contribution in [2.75, 3.05) is 25.8 Å². The van der Waals surface area contributed by atoms with Crippen LogP contribution >= 0.6 is 22.6 Å². The summed E-state index contributed by atoms with van der Waals surface area (Å²) in [5.74, 6) is 1.43. The van der Waals surface area contributed by atoms with Gasteiger partial charge >= 0.3 is 0 Å². The van der Waals surface area contributed by atoms with Crippen LogP contribution in [0.1, 0.15) is 5.56 Å². The number of nitrogens with one attached hydrogen (secondary N) is 2. The summed E-state index contributed by atoms with van der Waals surface area (Å²) in [6, 6.07) is 8.69. The highest BCUT2D eigenvalue weighted by Gasteiger charge is 2.13. The molecule has 0 aromatic heterocycles. The number of phenols is 1. The molecule has 2 aromatic carbocycles. The molecule has 1 heterocycles. The molecule has 0 fully saturated rings. The molecule has 1 aliphatic heterocycles. The van der Waals surface area contributed by atoms with Crippen molar-refractivity contribution in [3.05, 3.63) is 39.5 Å². The highest BCUT2D eigenvalue weighted by atomic mass is 127. The zero-order chi connectivity index (χ0) is 18.5. The minimum absolute atomic E-state index is 0.0490. The quantitative estimate of drug-likeness (QED) is 0.341. The first-order chi connectivity index (χ1) is 12.6. The molecular formula is C17H16IN3O5. The first-order valence-electron chi connectivity index (χ1n) is 7.59. The third-order valence-corrected chi connectivity index (χ3v) is 4.32. The summed E-state index contributed by atoms with van der Waals surface area (Å²) in [5, 5.41) is 16.7. The SMILES string of the molecule is COc1cc(/C=N\NC(=O)CNc2ccc3c(c2)OCO3)cc(I)c1O. The maximum Gasteiger partial charge on any atom is 0.259 e. The summed E-state index contributed by atoms with van der Waals surface area (Å²) < 4.78 is 16.2. The van der Waals surface area contributed by atoms with Gasteiger partial charge in [0.1, 0.15) is 0 Å². The first kappa shape index (κ1) is 18.1. The van der Waals surface area contributed by atoms with Gasteiger partial charge in [-0.2, -0.15) is 5.10 Å². The Hall–Kier alpha value is -2.69. The van der Waals surface area contributed by atoms with Gasteiger partial charge in [-0.05, 0) is 52.4 Å². The number of methoxy groups -OCH3 is 1. The lowest BCUT2D eigenvalue weighted by molar-refractivity contribution is -0.119. The molecule has 8 nitrogen and oxygen atoms in total. The standard InChI is InChI=1S/C17H16IN3O5/c1-24-15-5-10(4-12(18)17(15)23)7-20-21-16(22)8-19-11-2-3-13-14(6-11)26-9-25-13/h2-7,19,23H,8-9H2,1H3,(H,21,22)/b20-7-. The number of amides is 1. The number of hydrogen-bond acceptors (Lipinski definition) is 7. The number of nitrogens with zero attached hydrogens (tertiary/aromatic N) is 1. The van der Waals surface area contributed by atoms with Crippen LogP contribution in [0.15, 0.2) is 35.4 Å². The molecule has 0 bridgehead atoms.